The van der Waals surface area contributed by atoms with E-state index in [4.69, 9.17) is 0 Å². The van der Waals surface area contributed by atoms with E-state index >= 15 is 0 Å². The first-order chi connectivity index (χ1) is 11.4. The number of hydrogen-bond acceptors (Lipinski definition) is 2. The average Bonchev–Trinajstić information content (AvgIpc) is 2.93. The molecular formula is C19H26FN3O. The molecule has 1 amide bonds. The van der Waals surface area contributed by atoms with Crippen molar-refractivity contribution in [3.8, 4) is 0 Å². The van der Waals surface area contributed by atoms with Crippen LogP contribution in [-0.4, -0.2) is 26.4 Å². The lowest BCUT2D eigenvalue weighted by atomic mass is 10.1. The summed E-state index contributed by atoms with van der Waals surface area (Å²) in [5, 5.41) is 0. The normalized spacial score (nSPS) is 11.3. The zero-order valence-electron chi connectivity index (χ0n) is 14.9. The van der Waals surface area contributed by atoms with E-state index in [1.807, 2.05) is 49.4 Å². The maximum atomic E-state index is 13.9. The third-order valence-electron chi connectivity index (χ3n) is 3.94. The van der Waals surface area contributed by atoms with E-state index in [0.29, 0.717) is 31.0 Å². The zero-order valence-corrected chi connectivity index (χ0v) is 14.9. The number of imidazole rings is 1. The van der Waals surface area contributed by atoms with Crippen molar-refractivity contribution in [2.24, 2.45) is 5.92 Å². The Hall–Kier alpha value is -2.17. The molecule has 2 aromatic rings. The molecule has 0 aliphatic rings. The van der Waals surface area contributed by atoms with Gasteiger partial charge in [-0.25, -0.2) is 9.37 Å². The summed E-state index contributed by atoms with van der Waals surface area (Å²) in [5.74, 6) is 0.982. The van der Waals surface area contributed by atoms with Gasteiger partial charge in [-0.1, -0.05) is 32.0 Å². The van der Waals surface area contributed by atoms with Gasteiger partial charge in [-0.3, -0.25) is 4.79 Å². The molecule has 0 spiro atoms. The van der Waals surface area contributed by atoms with Gasteiger partial charge in [0, 0.05) is 30.4 Å². The molecule has 1 heterocycles. The highest BCUT2D eigenvalue weighted by Gasteiger charge is 2.20. The van der Waals surface area contributed by atoms with E-state index in [2.05, 4.69) is 4.98 Å². The Morgan fingerprint density at radius 1 is 1.25 bits per heavy atom. The van der Waals surface area contributed by atoms with E-state index < -0.39 is 0 Å². The maximum Gasteiger partial charge on any atom is 0.223 e. The molecule has 1 aromatic carbocycles. The van der Waals surface area contributed by atoms with Crippen molar-refractivity contribution in [2.45, 2.75) is 53.2 Å². The Labute approximate surface area is 143 Å². The summed E-state index contributed by atoms with van der Waals surface area (Å²) in [4.78, 5) is 18.7. The van der Waals surface area contributed by atoms with Gasteiger partial charge in [0.2, 0.25) is 5.91 Å². The smallest absolute Gasteiger partial charge is 0.223 e. The van der Waals surface area contributed by atoms with Crippen molar-refractivity contribution in [1.29, 1.82) is 0 Å². The summed E-state index contributed by atoms with van der Waals surface area (Å²) in [6, 6.07) is 6.82. The number of halogens is 1. The molecule has 1 aromatic heterocycles. The molecule has 24 heavy (non-hydrogen) atoms. The Morgan fingerprint density at radius 2 is 1.96 bits per heavy atom. The Bertz CT molecular complexity index is 679. The molecule has 0 radical (unpaired) electrons. The number of carbonyl (C=O) groups is 1. The zero-order chi connectivity index (χ0) is 17.7. The van der Waals surface area contributed by atoms with Gasteiger partial charge in [-0.15, -0.1) is 0 Å². The largest absolute Gasteiger partial charge is 0.333 e. The second kappa shape index (κ2) is 8.08. The van der Waals surface area contributed by atoms with Crippen LogP contribution >= 0.6 is 0 Å². The quantitative estimate of drug-likeness (QED) is 0.773. The molecule has 130 valence electrons. The number of nitrogens with zero attached hydrogens (tertiary/aromatic N) is 3. The van der Waals surface area contributed by atoms with Gasteiger partial charge in [0.1, 0.15) is 11.6 Å². The molecule has 0 aliphatic carbocycles. The number of amides is 1. The molecular weight excluding hydrogens is 305 g/mol. The molecule has 2 rings (SSSR count). The third-order valence-corrected chi connectivity index (χ3v) is 3.94. The van der Waals surface area contributed by atoms with Gasteiger partial charge < -0.3 is 9.47 Å². The Balaban J connectivity index is 2.16. The van der Waals surface area contributed by atoms with Crippen LogP contribution in [0.1, 0.15) is 45.5 Å². The minimum atomic E-state index is -0.228. The van der Waals surface area contributed by atoms with Crippen molar-refractivity contribution in [2.75, 3.05) is 0 Å². The monoisotopic (exact) mass is 331 g/mol. The topological polar surface area (TPSA) is 38.1 Å². The third kappa shape index (κ3) is 4.66. The van der Waals surface area contributed by atoms with Crippen LogP contribution in [0.5, 0.6) is 0 Å². The molecule has 0 atom stereocenters. The van der Waals surface area contributed by atoms with Crippen molar-refractivity contribution in [3.63, 3.8) is 0 Å². The second-order valence-electron chi connectivity index (χ2n) is 6.78. The maximum absolute atomic E-state index is 13.9. The van der Waals surface area contributed by atoms with E-state index in [9.17, 15) is 9.18 Å². The van der Waals surface area contributed by atoms with Crippen molar-refractivity contribution in [3.05, 3.63) is 53.9 Å². The minimum Gasteiger partial charge on any atom is -0.333 e. The molecule has 0 N–H and O–H groups in total. The van der Waals surface area contributed by atoms with E-state index in [1.54, 1.807) is 18.3 Å². The molecule has 0 unspecified atom stereocenters. The van der Waals surface area contributed by atoms with Gasteiger partial charge in [0.15, 0.2) is 0 Å². The van der Waals surface area contributed by atoms with E-state index in [1.165, 1.54) is 6.07 Å². The highest BCUT2D eigenvalue weighted by molar-refractivity contribution is 5.76. The Kier molecular flexibility index (Phi) is 6.12. The van der Waals surface area contributed by atoms with Crippen LogP contribution in [0.3, 0.4) is 0 Å². The van der Waals surface area contributed by atoms with Gasteiger partial charge in [0.25, 0.3) is 0 Å². The number of carbonyl (C=O) groups excluding carboxylic acids is 1. The van der Waals surface area contributed by atoms with Crippen LogP contribution < -0.4 is 0 Å². The van der Waals surface area contributed by atoms with Crippen LogP contribution in [0.25, 0.3) is 0 Å². The van der Waals surface area contributed by atoms with E-state index in [-0.39, 0.29) is 17.8 Å². The van der Waals surface area contributed by atoms with Crippen LogP contribution in [0.2, 0.25) is 0 Å². The van der Waals surface area contributed by atoms with E-state index in [0.717, 1.165) is 5.82 Å². The lowest BCUT2D eigenvalue weighted by Gasteiger charge is -2.27. The first-order valence-corrected chi connectivity index (χ1v) is 8.41. The van der Waals surface area contributed by atoms with Gasteiger partial charge in [-0.2, -0.15) is 0 Å². The highest BCUT2D eigenvalue weighted by Crippen LogP contribution is 2.14. The molecule has 4 nitrogen and oxygen atoms in total. The fourth-order valence-electron chi connectivity index (χ4n) is 2.62. The number of rotatable bonds is 7. The first-order valence-electron chi connectivity index (χ1n) is 8.41. The standard InChI is InChI=1S/C19H26FN3O/c1-14(2)11-19(24)23(15(3)4)13-18-21-9-10-22(18)12-16-7-5-6-8-17(16)20/h5-10,14-15H,11-13H2,1-4H3. The van der Waals surface area contributed by atoms with Crippen molar-refractivity contribution >= 4 is 5.91 Å². The first kappa shape index (κ1) is 18.2. The molecule has 0 fully saturated rings. The van der Waals surface area contributed by atoms with Crippen LogP contribution in [0.4, 0.5) is 4.39 Å². The van der Waals surface area contributed by atoms with Gasteiger partial charge in [0.05, 0.1) is 13.1 Å². The van der Waals surface area contributed by atoms with Crippen LogP contribution in [-0.2, 0) is 17.9 Å². The summed E-state index contributed by atoms with van der Waals surface area (Å²) in [6.45, 7) is 8.92. The second-order valence-corrected chi connectivity index (χ2v) is 6.78. The summed E-state index contributed by atoms with van der Waals surface area (Å²) in [7, 11) is 0. The lowest BCUT2D eigenvalue weighted by Crippen LogP contribution is -2.37. The number of benzene rings is 1. The highest BCUT2D eigenvalue weighted by atomic mass is 19.1. The summed E-state index contributed by atoms with van der Waals surface area (Å²) in [5.41, 5.74) is 0.612. The average molecular weight is 331 g/mol. The SMILES string of the molecule is CC(C)CC(=O)N(Cc1nccn1Cc1ccccc1F)C(C)C. The summed E-state index contributed by atoms with van der Waals surface area (Å²) >= 11 is 0. The predicted molar refractivity (Wildman–Crippen MR) is 92.9 cm³/mol. The van der Waals surface area contributed by atoms with Gasteiger partial charge >= 0.3 is 0 Å². The van der Waals surface area contributed by atoms with Crippen molar-refractivity contribution < 1.29 is 9.18 Å². The summed E-state index contributed by atoms with van der Waals surface area (Å²) in [6.07, 6.45) is 4.04. The van der Waals surface area contributed by atoms with Crippen LogP contribution in [0.15, 0.2) is 36.7 Å². The fraction of sp³-hybridized carbons (Fsp3) is 0.474. The number of aromatic nitrogens is 2. The summed E-state index contributed by atoms with van der Waals surface area (Å²) < 4.78 is 15.8. The number of hydrogen-bond donors (Lipinski definition) is 0. The van der Waals surface area contributed by atoms with Crippen molar-refractivity contribution in [1.82, 2.24) is 14.5 Å². The van der Waals surface area contributed by atoms with Crippen LogP contribution in [0, 0.1) is 11.7 Å². The fourth-order valence-corrected chi connectivity index (χ4v) is 2.62. The molecule has 0 aliphatic heterocycles. The molecule has 5 heteroatoms. The van der Waals surface area contributed by atoms with Gasteiger partial charge in [-0.05, 0) is 25.8 Å². The predicted octanol–water partition coefficient (Wildman–Crippen LogP) is 3.85. The molecule has 0 bridgehead atoms. The lowest BCUT2D eigenvalue weighted by molar-refractivity contribution is -0.134. The Morgan fingerprint density at radius 3 is 2.58 bits per heavy atom. The molecule has 0 saturated carbocycles. The molecule has 0 saturated heterocycles. The minimum absolute atomic E-state index is 0.0925.